The Balaban J connectivity index is 2.70. The molecule has 0 saturated heterocycles. The molecular formula is C10H8N2S2. The van der Waals surface area contributed by atoms with Crippen LogP contribution in [-0.4, -0.2) is 4.98 Å². The summed E-state index contributed by atoms with van der Waals surface area (Å²) in [6, 6.07) is 2.25. The first-order chi connectivity index (χ1) is 6.74. The topological polar surface area (TPSA) is 36.7 Å². The Morgan fingerprint density at radius 1 is 1.36 bits per heavy atom. The van der Waals surface area contributed by atoms with Gasteiger partial charge < -0.3 is 0 Å². The van der Waals surface area contributed by atoms with E-state index in [0.717, 1.165) is 21.0 Å². The fraction of sp³-hybridized carbons (Fsp3) is 0.200. The van der Waals surface area contributed by atoms with Gasteiger partial charge in [0.25, 0.3) is 0 Å². The lowest BCUT2D eigenvalue weighted by atomic mass is 10.1. The van der Waals surface area contributed by atoms with E-state index in [2.05, 4.69) is 11.1 Å². The Hall–Kier alpha value is -1.18. The van der Waals surface area contributed by atoms with Crippen molar-refractivity contribution in [2.75, 3.05) is 0 Å². The molecule has 2 nitrogen and oxygen atoms in total. The highest BCUT2D eigenvalue weighted by Crippen LogP contribution is 2.36. The molecule has 0 amide bonds. The number of rotatable bonds is 1. The van der Waals surface area contributed by atoms with Crippen molar-refractivity contribution in [3.63, 3.8) is 0 Å². The largest absolute Gasteiger partial charge is 0.244 e. The van der Waals surface area contributed by atoms with E-state index in [1.165, 1.54) is 4.88 Å². The molecule has 2 heterocycles. The third kappa shape index (κ3) is 1.35. The quantitative estimate of drug-likeness (QED) is 0.739. The molecular weight excluding hydrogens is 212 g/mol. The Morgan fingerprint density at radius 3 is 2.71 bits per heavy atom. The third-order valence-corrected chi connectivity index (χ3v) is 3.83. The van der Waals surface area contributed by atoms with E-state index in [4.69, 9.17) is 5.26 Å². The lowest BCUT2D eigenvalue weighted by molar-refractivity contribution is 1.39. The lowest BCUT2D eigenvalue weighted by Gasteiger charge is -1.94. The van der Waals surface area contributed by atoms with E-state index in [0.29, 0.717) is 0 Å². The van der Waals surface area contributed by atoms with Crippen molar-refractivity contribution in [1.82, 2.24) is 4.98 Å². The normalized spacial score (nSPS) is 10.1. The van der Waals surface area contributed by atoms with Crippen LogP contribution in [0.4, 0.5) is 0 Å². The van der Waals surface area contributed by atoms with Crippen molar-refractivity contribution < 1.29 is 0 Å². The van der Waals surface area contributed by atoms with Gasteiger partial charge in [-0.3, -0.25) is 0 Å². The Kier molecular flexibility index (Phi) is 2.36. The molecule has 0 fully saturated rings. The van der Waals surface area contributed by atoms with Crippen LogP contribution in [0.5, 0.6) is 0 Å². The zero-order chi connectivity index (χ0) is 10.1. The average molecular weight is 220 g/mol. The SMILES string of the molecule is Cc1sc(C)c(-c2nccs2)c1C#N. The molecule has 0 unspecified atom stereocenters. The Labute approximate surface area is 90.5 Å². The Bertz CT molecular complexity index is 489. The van der Waals surface area contributed by atoms with Crippen molar-refractivity contribution in [3.05, 3.63) is 26.9 Å². The zero-order valence-corrected chi connectivity index (χ0v) is 9.50. The van der Waals surface area contributed by atoms with Crippen LogP contribution in [0.15, 0.2) is 11.6 Å². The number of aromatic nitrogens is 1. The van der Waals surface area contributed by atoms with Gasteiger partial charge in [-0.25, -0.2) is 4.98 Å². The molecule has 70 valence electrons. The molecule has 14 heavy (non-hydrogen) atoms. The molecule has 0 aliphatic heterocycles. The van der Waals surface area contributed by atoms with Crippen LogP contribution < -0.4 is 0 Å². The summed E-state index contributed by atoms with van der Waals surface area (Å²) >= 11 is 3.24. The number of aryl methyl sites for hydroxylation is 2. The molecule has 0 radical (unpaired) electrons. The van der Waals surface area contributed by atoms with E-state index in [-0.39, 0.29) is 0 Å². The molecule has 0 atom stereocenters. The smallest absolute Gasteiger partial charge is 0.125 e. The van der Waals surface area contributed by atoms with Gasteiger partial charge in [0.05, 0.1) is 5.56 Å². The summed E-state index contributed by atoms with van der Waals surface area (Å²) in [5, 5.41) is 11.9. The molecule has 2 aromatic heterocycles. The molecule has 0 saturated carbocycles. The van der Waals surface area contributed by atoms with Crippen LogP contribution in [0.2, 0.25) is 0 Å². The molecule has 0 N–H and O–H groups in total. The number of thiazole rings is 1. The Morgan fingerprint density at radius 2 is 2.14 bits per heavy atom. The number of thiophene rings is 1. The fourth-order valence-electron chi connectivity index (χ4n) is 1.42. The van der Waals surface area contributed by atoms with Crippen molar-refractivity contribution in [2.45, 2.75) is 13.8 Å². The van der Waals surface area contributed by atoms with Gasteiger partial charge >= 0.3 is 0 Å². The van der Waals surface area contributed by atoms with Crippen LogP contribution in [0.25, 0.3) is 10.6 Å². The van der Waals surface area contributed by atoms with E-state index in [1.807, 2.05) is 19.2 Å². The first-order valence-corrected chi connectivity index (χ1v) is 5.83. The molecule has 2 aromatic rings. The van der Waals surface area contributed by atoms with Gasteiger partial charge in [-0.1, -0.05) is 0 Å². The number of hydrogen-bond donors (Lipinski definition) is 0. The summed E-state index contributed by atoms with van der Waals surface area (Å²) in [6.07, 6.45) is 1.77. The maximum absolute atomic E-state index is 9.04. The van der Waals surface area contributed by atoms with Crippen LogP contribution in [0.3, 0.4) is 0 Å². The molecule has 0 aliphatic rings. The number of nitrogens with zero attached hydrogens (tertiary/aromatic N) is 2. The maximum Gasteiger partial charge on any atom is 0.125 e. The van der Waals surface area contributed by atoms with Gasteiger partial charge in [-0.05, 0) is 13.8 Å². The highest BCUT2D eigenvalue weighted by molar-refractivity contribution is 7.15. The van der Waals surface area contributed by atoms with Gasteiger partial charge in [0, 0.05) is 26.9 Å². The highest BCUT2D eigenvalue weighted by Gasteiger charge is 2.15. The van der Waals surface area contributed by atoms with E-state index in [1.54, 1.807) is 28.9 Å². The zero-order valence-electron chi connectivity index (χ0n) is 7.87. The van der Waals surface area contributed by atoms with Crippen LogP contribution in [0.1, 0.15) is 15.3 Å². The second-order valence-corrected chi connectivity index (χ2v) is 5.24. The first-order valence-electron chi connectivity index (χ1n) is 4.14. The van der Waals surface area contributed by atoms with Gasteiger partial charge in [0.1, 0.15) is 11.1 Å². The van der Waals surface area contributed by atoms with Gasteiger partial charge in [-0.15, -0.1) is 22.7 Å². The third-order valence-electron chi connectivity index (χ3n) is 2.02. The molecule has 4 heteroatoms. The summed E-state index contributed by atoms with van der Waals surface area (Å²) in [6.45, 7) is 4.02. The van der Waals surface area contributed by atoms with Gasteiger partial charge in [-0.2, -0.15) is 5.26 Å². The number of nitriles is 1. The van der Waals surface area contributed by atoms with Crippen molar-refractivity contribution >= 4 is 22.7 Å². The maximum atomic E-state index is 9.04. The second-order valence-electron chi connectivity index (χ2n) is 2.91. The van der Waals surface area contributed by atoms with E-state index in [9.17, 15) is 0 Å². The van der Waals surface area contributed by atoms with Gasteiger partial charge in [0.15, 0.2) is 0 Å². The van der Waals surface area contributed by atoms with Crippen LogP contribution in [-0.2, 0) is 0 Å². The average Bonchev–Trinajstić information content (AvgIpc) is 2.72. The predicted molar refractivity (Wildman–Crippen MR) is 59.6 cm³/mol. The summed E-state index contributed by atoms with van der Waals surface area (Å²) in [7, 11) is 0. The molecule has 0 aromatic carbocycles. The lowest BCUT2D eigenvalue weighted by Crippen LogP contribution is -1.80. The standard InChI is InChI=1S/C10H8N2S2/c1-6-8(5-11)9(7(2)14-6)10-12-3-4-13-10/h3-4H,1-2H3. The summed E-state index contributed by atoms with van der Waals surface area (Å²) in [5.41, 5.74) is 1.80. The van der Waals surface area contributed by atoms with Gasteiger partial charge in [0.2, 0.25) is 0 Å². The summed E-state index contributed by atoms with van der Waals surface area (Å²) in [5.74, 6) is 0. The molecule has 2 rings (SSSR count). The fourth-order valence-corrected chi connectivity index (χ4v) is 3.24. The van der Waals surface area contributed by atoms with Crippen molar-refractivity contribution in [2.24, 2.45) is 0 Å². The highest BCUT2D eigenvalue weighted by atomic mass is 32.1. The molecule has 0 aliphatic carbocycles. The van der Waals surface area contributed by atoms with E-state index >= 15 is 0 Å². The number of hydrogen-bond acceptors (Lipinski definition) is 4. The van der Waals surface area contributed by atoms with Crippen LogP contribution in [0, 0.1) is 25.2 Å². The minimum atomic E-state index is 0.780. The summed E-state index contributed by atoms with van der Waals surface area (Å²) < 4.78 is 0. The van der Waals surface area contributed by atoms with E-state index < -0.39 is 0 Å². The second kappa shape index (κ2) is 3.52. The minimum Gasteiger partial charge on any atom is -0.244 e. The van der Waals surface area contributed by atoms with Crippen molar-refractivity contribution in [3.8, 4) is 16.6 Å². The van der Waals surface area contributed by atoms with Crippen LogP contribution >= 0.6 is 22.7 Å². The monoisotopic (exact) mass is 220 g/mol. The van der Waals surface area contributed by atoms with Crippen molar-refractivity contribution in [1.29, 1.82) is 5.26 Å². The minimum absolute atomic E-state index is 0.780. The molecule has 0 bridgehead atoms. The first kappa shape index (κ1) is 9.38. The predicted octanol–water partition coefficient (Wildman–Crippen LogP) is 3.36. The summed E-state index contributed by atoms with van der Waals surface area (Å²) in [4.78, 5) is 6.50. The molecule has 0 spiro atoms.